The minimum atomic E-state index is -0.777. The molecular weight excluding hydrogens is 308 g/mol. The van der Waals surface area contributed by atoms with Gasteiger partial charge in [0.05, 0.1) is 13.2 Å². The Labute approximate surface area is 132 Å². The maximum absolute atomic E-state index is 11.8. The molecule has 0 aromatic carbocycles. The van der Waals surface area contributed by atoms with Crippen molar-refractivity contribution in [1.29, 1.82) is 0 Å². The van der Waals surface area contributed by atoms with Gasteiger partial charge in [0.25, 0.3) is 0 Å². The maximum Gasteiger partial charge on any atom is 0.347 e. The fourth-order valence-corrected chi connectivity index (χ4v) is 1.76. The third kappa shape index (κ3) is 5.24. The smallest absolute Gasteiger partial charge is 0.347 e. The third-order valence-corrected chi connectivity index (χ3v) is 2.81. The highest BCUT2D eigenvalue weighted by Crippen LogP contribution is 2.15. The highest BCUT2D eigenvalue weighted by molar-refractivity contribution is 7.98. The number of hydrogen-bond acceptors (Lipinski definition) is 9. The number of nitrogens with zero attached hydrogens (tertiary/aromatic N) is 2. The second-order valence-electron chi connectivity index (χ2n) is 3.81. The Morgan fingerprint density at radius 2 is 1.86 bits per heavy atom. The first-order valence-electron chi connectivity index (χ1n) is 6.51. The molecule has 0 aliphatic carbocycles. The lowest BCUT2D eigenvalue weighted by Crippen LogP contribution is -2.19. The van der Waals surface area contributed by atoms with Gasteiger partial charge in [0.2, 0.25) is 0 Å². The van der Waals surface area contributed by atoms with Crippen LogP contribution in [0, 0.1) is 0 Å². The van der Waals surface area contributed by atoms with Crippen LogP contribution in [0.2, 0.25) is 0 Å². The molecule has 3 N–H and O–H groups in total. The lowest BCUT2D eigenvalue weighted by molar-refractivity contribution is -0.146. The van der Waals surface area contributed by atoms with Gasteiger partial charge < -0.3 is 20.5 Å². The van der Waals surface area contributed by atoms with E-state index in [4.69, 9.17) is 15.2 Å². The average molecular weight is 326 g/mol. The fourth-order valence-electron chi connectivity index (χ4n) is 1.37. The Morgan fingerprint density at radius 1 is 1.27 bits per heavy atom. The van der Waals surface area contributed by atoms with Gasteiger partial charge in [-0.15, -0.1) is 0 Å². The molecule has 1 aromatic rings. The van der Waals surface area contributed by atoms with E-state index >= 15 is 0 Å². The number of esters is 2. The van der Waals surface area contributed by atoms with E-state index in [1.54, 1.807) is 20.1 Å². The van der Waals surface area contributed by atoms with E-state index in [0.717, 1.165) is 0 Å². The minimum Gasteiger partial charge on any atom is -0.462 e. The molecule has 0 amide bonds. The Bertz CT molecular complexity index is 557. The molecule has 0 radical (unpaired) electrons. The van der Waals surface area contributed by atoms with Crippen LogP contribution in [0.4, 0.5) is 11.6 Å². The summed E-state index contributed by atoms with van der Waals surface area (Å²) in [5, 5.41) is 3.19. The summed E-state index contributed by atoms with van der Waals surface area (Å²) >= 11 is 1.31. The molecule has 0 aliphatic heterocycles. The van der Waals surface area contributed by atoms with Gasteiger partial charge in [-0.25, -0.2) is 19.6 Å². The van der Waals surface area contributed by atoms with Gasteiger partial charge >= 0.3 is 11.9 Å². The first-order chi connectivity index (χ1) is 10.5. The molecule has 0 bridgehead atoms. The van der Waals surface area contributed by atoms with Crippen molar-refractivity contribution in [3.05, 3.63) is 17.8 Å². The van der Waals surface area contributed by atoms with Crippen LogP contribution in [0.1, 0.15) is 13.8 Å². The molecule has 1 rings (SSSR count). The number of carbonyl (C=O) groups excluding carboxylic acids is 2. The zero-order valence-corrected chi connectivity index (χ0v) is 13.4. The van der Waals surface area contributed by atoms with Crippen LogP contribution in [-0.4, -0.2) is 41.4 Å². The van der Waals surface area contributed by atoms with Gasteiger partial charge in [-0.3, -0.25) is 0 Å². The highest BCUT2D eigenvalue weighted by atomic mass is 32.2. The second kappa shape index (κ2) is 8.88. The minimum absolute atomic E-state index is 0.145. The average Bonchev–Trinajstić information content (AvgIpc) is 2.47. The predicted molar refractivity (Wildman–Crippen MR) is 83.2 cm³/mol. The molecule has 0 spiro atoms. The summed E-state index contributed by atoms with van der Waals surface area (Å²) in [6.07, 6.45) is 2.99. The monoisotopic (exact) mass is 326 g/mol. The summed E-state index contributed by atoms with van der Waals surface area (Å²) in [7, 11) is 0. The van der Waals surface area contributed by atoms with Gasteiger partial charge in [-0.2, -0.15) is 0 Å². The quantitative estimate of drug-likeness (QED) is 0.190. The van der Waals surface area contributed by atoms with E-state index in [9.17, 15) is 9.59 Å². The number of aromatic nitrogens is 2. The molecule has 0 fully saturated rings. The number of ether oxygens (including phenoxy) is 2. The van der Waals surface area contributed by atoms with Crippen molar-refractivity contribution in [2.75, 3.05) is 30.5 Å². The molecule has 22 heavy (non-hydrogen) atoms. The zero-order chi connectivity index (χ0) is 16.5. The van der Waals surface area contributed by atoms with Crippen molar-refractivity contribution in [3.8, 4) is 0 Å². The normalized spacial score (nSPS) is 9.77. The summed E-state index contributed by atoms with van der Waals surface area (Å²) < 4.78 is 9.64. The molecule has 8 nitrogen and oxygen atoms in total. The number of nitrogens with one attached hydrogen (secondary N) is 1. The lowest BCUT2D eigenvalue weighted by atomic mass is 10.3. The van der Waals surface area contributed by atoms with Crippen molar-refractivity contribution < 1.29 is 19.1 Å². The molecule has 1 aromatic heterocycles. The number of carbonyl (C=O) groups is 2. The Balaban J connectivity index is 2.99. The molecule has 0 atom stereocenters. The Hall–Kier alpha value is -2.29. The van der Waals surface area contributed by atoms with Gasteiger partial charge in [-0.1, -0.05) is 11.8 Å². The highest BCUT2D eigenvalue weighted by Gasteiger charge is 2.21. The van der Waals surface area contributed by atoms with E-state index in [1.807, 2.05) is 0 Å². The number of thioether (sulfide) groups is 1. The van der Waals surface area contributed by atoms with E-state index in [1.165, 1.54) is 24.0 Å². The molecule has 1 heterocycles. The van der Waals surface area contributed by atoms with E-state index in [2.05, 4.69) is 15.3 Å². The second-order valence-corrected chi connectivity index (χ2v) is 4.58. The number of anilines is 2. The van der Waals surface area contributed by atoms with Gasteiger partial charge in [0.15, 0.2) is 10.7 Å². The fraction of sp³-hybridized carbons (Fsp3) is 0.385. The molecule has 9 heteroatoms. The van der Waals surface area contributed by atoms with Gasteiger partial charge in [0, 0.05) is 12.3 Å². The molecule has 0 saturated carbocycles. The molecular formula is C13H18N4O4S. The van der Waals surface area contributed by atoms with Crippen molar-refractivity contribution in [1.82, 2.24) is 9.97 Å². The van der Waals surface area contributed by atoms with Crippen LogP contribution in [-0.2, 0) is 19.1 Å². The number of nitrogens with two attached hydrogens (primary N) is 1. The maximum atomic E-state index is 11.8. The summed E-state index contributed by atoms with van der Waals surface area (Å²) in [5.41, 5.74) is 5.39. The first kappa shape index (κ1) is 17.8. The van der Waals surface area contributed by atoms with Gasteiger partial charge in [0.1, 0.15) is 11.6 Å². The Kier molecular flexibility index (Phi) is 7.17. The topological polar surface area (TPSA) is 116 Å². The van der Waals surface area contributed by atoms with E-state index < -0.39 is 11.9 Å². The van der Waals surface area contributed by atoms with Crippen LogP contribution in [0.15, 0.2) is 23.0 Å². The van der Waals surface area contributed by atoms with Crippen LogP contribution in [0.25, 0.3) is 0 Å². The van der Waals surface area contributed by atoms with E-state index in [-0.39, 0.29) is 24.6 Å². The van der Waals surface area contributed by atoms with Crippen molar-refractivity contribution in [3.63, 3.8) is 0 Å². The summed E-state index contributed by atoms with van der Waals surface area (Å²) in [5.74, 6) is -0.937. The first-order valence-corrected chi connectivity index (χ1v) is 7.73. The molecule has 0 unspecified atom stereocenters. The summed E-state index contributed by atoms with van der Waals surface area (Å²) in [6.45, 7) is 3.58. The Morgan fingerprint density at radius 3 is 2.36 bits per heavy atom. The van der Waals surface area contributed by atoms with E-state index in [0.29, 0.717) is 11.0 Å². The third-order valence-electron chi connectivity index (χ3n) is 2.26. The summed E-state index contributed by atoms with van der Waals surface area (Å²) in [4.78, 5) is 31.7. The van der Waals surface area contributed by atoms with Crippen LogP contribution < -0.4 is 11.1 Å². The molecule has 0 aliphatic rings. The SMILES string of the molecule is CCOC(=O)C(=CNc1cc(N)nc(SC)n1)C(=O)OCC. The van der Waals surface area contributed by atoms with Crippen molar-refractivity contribution in [2.24, 2.45) is 0 Å². The van der Waals surface area contributed by atoms with Gasteiger partial charge in [-0.05, 0) is 20.1 Å². The lowest BCUT2D eigenvalue weighted by Gasteiger charge is -2.08. The number of nitrogen functional groups attached to an aromatic ring is 1. The summed E-state index contributed by atoms with van der Waals surface area (Å²) in [6, 6.07) is 1.48. The van der Waals surface area contributed by atoms with Crippen LogP contribution in [0.5, 0.6) is 0 Å². The zero-order valence-electron chi connectivity index (χ0n) is 12.6. The predicted octanol–water partition coefficient (Wildman–Crippen LogP) is 1.20. The van der Waals surface area contributed by atoms with Crippen molar-refractivity contribution in [2.45, 2.75) is 19.0 Å². The van der Waals surface area contributed by atoms with Crippen molar-refractivity contribution >= 4 is 35.3 Å². The molecule has 120 valence electrons. The number of rotatable bonds is 7. The number of hydrogen-bond donors (Lipinski definition) is 2. The largest absolute Gasteiger partial charge is 0.462 e. The standard InChI is InChI=1S/C13H18N4O4S/c1-4-20-11(18)8(12(19)21-5-2)7-15-10-6-9(14)16-13(17-10)22-3/h6-7H,4-5H2,1-3H3,(H3,14,15,16,17). The molecule has 0 saturated heterocycles. The van der Waals surface area contributed by atoms with Crippen LogP contribution in [0.3, 0.4) is 0 Å². The van der Waals surface area contributed by atoms with Crippen LogP contribution >= 0.6 is 11.8 Å².